The van der Waals surface area contributed by atoms with Crippen molar-refractivity contribution in [3.8, 4) is 0 Å². The average molecular weight is 338 g/mol. The third-order valence-electron chi connectivity index (χ3n) is 4.69. The van der Waals surface area contributed by atoms with Gasteiger partial charge in [0.1, 0.15) is 5.65 Å². The van der Waals surface area contributed by atoms with E-state index in [9.17, 15) is 4.79 Å². The molecule has 130 valence electrons. The highest BCUT2D eigenvalue weighted by atomic mass is 16.2. The van der Waals surface area contributed by atoms with Crippen LogP contribution in [0.4, 0.5) is 4.79 Å². The Hall–Kier alpha value is -2.83. The fourth-order valence-corrected chi connectivity index (χ4v) is 3.36. The molecule has 3 aromatic heterocycles. The van der Waals surface area contributed by atoms with Gasteiger partial charge in [-0.05, 0) is 38.5 Å². The minimum Gasteiger partial charge on any atom is -0.332 e. The third-order valence-corrected chi connectivity index (χ3v) is 4.69. The molecular weight excluding hydrogens is 316 g/mol. The van der Waals surface area contributed by atoms with Gasteiger partial charge < -0.3 is 14.6 Å². The summed E-state index contributed by atoms with van der Waals surface area (Å²) in [7, 11) is 0. The molecule has 7 heteroatoms. The molecule has 0 bridgehead atoms. The number of pyridine rings is 1. The molecule has 4 heterocycles. The number of rotatable bonds is 3. The largest absolute Gasteiger partial charge is 0.332 e. The minimum atomic E-state index is -0.0495. The van der Waals surface area contributed by atoms with Gasteiger partial charge in [-0.1, -0.05) is 6.07 Å². The van der Waals surface area contributed by atoms with E-state index in [1.54, 1.807) is 0 Å². The van der Waals surface area contributed by atoms with Gasteiger partial charge in [0, 0.05) is 31.2 Å². The first kappa shape index (κ1) is 15.7. The number of carbonyl (C=O) groups excluding carboxylic acids is 1. The molecule has 1 aliphatic rings. The minimum absolute atomic E-state index is 0.0495. The van der Waals surface area contributed by atoms with Gasteiger partial charge in [0.2, 0.25) is 0 Å². The first-order valence-electron chi connectivity index (χ1n) is 8.50. The van der Waals surface area contributed by atoms with Gasteiger partial charge in [0.05, 0.1) is 24.0 Å². The van der Waals surface area contributed by atoms with E-state index < -0.39 is 0 Å². The number of aryl methyl sites for hydroxylation is 3. The molecule has 1 aliphatic heterocycles. The van der Waals surface area contributed by atoms with Crippen molar-refractivity contribution >= 4 is 11.7 Å². The highest BCUT2D eigenvalue weighted by Crippen LogP contribution is 2.22. The van der Waals surface area contributed by atoms with E-state index in [1.165, 1.54) is 0 Å². The normalized spacial score (nSPS) is 14.8. The smallest absolute Gasteiger partial charge is 0.317 e. The predicted octanol–water partition coefficient (Wildman–Crippen LogP) is 2.22. The maximum atomic E-state index is 12.3. The standard InChI is InChI=1S/C18H22N6O/c1-12-5-4-6-22-9-15(20-17(12)22)8-19-18(25)23-10-16(11-23)24-14(3)7-13(2)21-24/h4-7,9,16H,8,10-11H2,1-3H3,(H,19,25). The summed E-state index contributed by atoms with van der Waals surface area (Å²) >= 11 is 0. The van der Waals surface area contributed by atoms with Gasteiger partial charge in [-0.3, -0.25) is 4.68 Å². The summed E-state index contributed by atoms with van der Waals surface area (Å²) < 4.78 is 4.00. The number of hydrogen-bond donors (Lipinski definition) is 1. The van der Waals surface area contributed by atoms with E-state index >= 15 is 0 Å². The molecule has 0 aromatic carbocycles. The summed E-state index contributed by atoms with van der Waals surface area (Å²) in [4.78, 5) is 18.7. The number of hydrogen-bond acceptors (Lipinski definition) is 3. The Kier molecular flexibility index (Phi) is 3.71. The van der Waals surface area contributed by atoms with Crippen LogP contribution in [0.25, 0.3) is 5.65 Å². The van der Waals surface area contributed by atoms with E-state index in [4.69, 9.17) is 0 Å². The van der Waals surface area contributed by atoms with Crippen molar-refractivity contribution in [2.45, 2.75) is 33.4 Å². The van der Waals surface area contributed by atoms with Crippen LogP contribution in [0.15, 0.2) is 30.6 Å². The van der Waals surface area contributed by atoms with Gasteiger partial charge in [-0.15, -0.1) is 0 Å². The van der Waals surface area contributed by atoms with Crippen molar-refractivity contribution in [3.63, 3.8) is 0 Å². The van der Waals surface area contributed by atoms with Crippen molar-refractivity contribution in [3.05, 3.63) is 53.2 Å². The lowest BCUT2D eigenvalue weighted by Gasteiger charge is -2.39. The highest BCUT2D eigenvalue weighted by molar-refractivity contribution is 5.75. The molecule has 2 amide bonds. The van der Waals surface area contributed by atoms with E-state index in [0.717, 1.165) is 28.3 Å². The van der Waals surface area contributed by atoms with Crippen molar-refractivity contribution in [1.82, 2.24) is 29.4 Å². The van der Waals surface area contributed by atoms with E-state index in [2.05, 4.69) is 21.5 Å². The lowest BCUT2D eigenvalue weighted by molar-refractivity contribution is 0.117. The topological polar surface area (TPSA) is 67.5 Å². The Morgan fingerprint density at radius 1 is 1.32 bits per heavy atom. The summed E-state index contributed by atoms with van der Waals surface area (Å²) in [5, 5.41) is 7.45. The second kappa shape index (κ2) is 5.91. The summed E-state index contributed by atoms with van der Waals surface area (Å²) in [6, 6.07) is 6.31. The Bertz CT molecular complexity index is 934. The fourth-order valence-electron chi connectivity index (χ4n) is 3.36. The van der Waals surface area contributed by atoms with Gasteiger partial charge >= 0.3 is 6.03 Å². The summed E-state index contributed by atoms with van der Waals surface area (Å²) in [5.41, 5.74) is 5.07. The summed E-state index contributed by atoms with van der Waals surface area (Å²) in [5.74, 6) is 0. The number of imidazole rings is 1. The molecule has 0 spiro atoms. The van der Waals surface area contributed by atoms with Gasteiger partial charge in [0.15, 0.2) is 0 Å². The number of nitrogens with one attached hydrogen (secondary N) is 1. The number of aromatic nitrogens is 4. The molecule has 0 atom stereocenters. The number of urea groups is 1. The Labute approximate surface area is 146 Å². The molecule has 7 nitrogen and oxygen atoms in total. The Morgan fingerprint density at radius 2 is 2.12 bits per heavy atom. The summed E-state index contributed by atoms with van der Waals surface area (Å²) in [6.07, 6.45) is 3.92. The zero-order chi connectivity index (χ0) is 17.6. The second-order valence-electron chi connectivity index (χ2n) is 6.74. The molecule has 0 radical (unpaired) electrons. The van der Waals surface area contributed by atoms with Crippen molar-refractivity contribution in [2.24, 2.45) is 0 Å². The van der Waals surface area contributed by atoms with Crippen LogP contribution < -0.4 is 5.32 Å². The van der Waals surface area contributed by atoms with Crippen LogP contribution in [0.3, 0.4) is 0 Å². The van der Waals surface area contributed by atoms with Crippen LogP contribution in [0.5, 0.6) is 0 Å². The van der Waals surface area contributed by atoms with E-state index in [1.807, 2.05) is 59.3 Å². The fraction of sp³-hybridized carbons (Fsp3) is 0.389. The molecule has 25 heavy (non-hydrogen) atoms. The molecule has 1 saturated heterocycles. The lowest BCUT2D eigenvalue weighted by atomic mass is 10.1. The first-order valence-corrected chi connectivity index (χ1v) is 8.50. The predicted molar refractivity (Wildman–Crippen MR) is 94.5 cm³/mol. The summed E-state index contributed by atoms with van der Waals surface area (Å²) in [6.45, 7) is 7.89. The van der Waals surface area contributed by atoms with Crippen LogP contribution >= 0.6 is 0 Å². The Balaban J connectivity index is 1.34. The highest BCUT2D eigenvalue weighted by Gasteiger charge is 2.33. The van der Waals surface area contributed by atoms with E-state index in [-0.39, 0.29) is 12.1 Å². The van der Waals surface area contributed by atoms with E-state index in [0.29, 0.717) is 19.6 Å². The van der Waals surface area contributed by atoms with Crippen LogP contribution in [0.1, 0.15) is 28.7 Å². The molecule has 4 rings (SSSR count). The van der Waals surface area contributed by atoms with Crippen LogP contribution in [0.2, 0.25) is 0 Å². The zero-order valence-electron chi connectivity index (χ0n) is 14.7. The van der Waals surface area contributed by atoms with Crippen LogP contribution in [0, 0.1) is 20.8 Å². The second-order valence-corrected chi connectivity index (χ2v) is 6.74. The van der Waals surface area contributed by atoms with Crippen LogP contribution in [-0.2, 0) is 6.54 Å². The third kappa shape index (κ3) is 2.86. The number of carbonyl (C=O) groups is 1. The Morgan fingerprint density at radius 3 is 2.80 bits per heavy atom. The zero-order valence-corrected chi connectivity index (χ0v) is 14.7. The quantitative estimate of drug-likeness (QED) is 0.796. The van der Waals surface area contributed by atoms with Crippen molar-refractivity contribution in [2.75, 3.05) is 13.1 Å². The lowest BCUT2D eigenvalue weighted by Crippen LogP contribution is -2.54. The van der Waals surface area contributed by atoms with Gasteiger partial charge in [-0.25, -0.2) is 9.78 Å². The van der Waals surface area contributed by atoms with Gasteiger partial charge in [-0.2, -0.15) is 5.10 Å². The molecule has 1 N–H and O–H groups in total. The molecule has 0 unspecified atom stereocenters. The number of likely N-dealkylation sites (tertiary alicyclic amines) is 1. The van der Waals surface area contributed by atoms with Crippen molar-refractivity contribution in [1.29, 1.82) is 0 Å². The van der Waals surface area contributed by atoms with Crippen LogP contribution in [-0.4, -0.2) is 43.2 Å². The molecule has 1 fully saturated rings. The average Bonchev–Trinajstić information content (AvgIpc) is 3.08. The maximum absolute atomic E-state index is 12.3. The molecule has 0 saturated carbocycles. The molecule has 3 aromatic rings. The monoisotopic (exact) mass is 338 g/mol. The number of nitrogens with zero attached hydrogens (tertiary/aromatic N) is 5. The first-order chi connectivity index (χ1) is 12.0. The molecule has 0 aliphatic carbocycles. The maximum Gasteiger partial charge on any atom is 0.317 e. The van der Waals surface area contributed by atoms with Gasteiger partial charge in [0.25, 0.3) is 0 Å². The molecular formula is C18H22N6O. The van der Waals surface area contributed by atoms with Crippen molar-refractivity contribution < 1.29 is 4.79 Å². The SMILES string of the molecule is Cc1cc(C)n(C2CN(C(=O)NCc3cn4cccc(C)c4n3)C2)n1. The number of fused-ring (bicyclic) bond motifs is 1. The number of amides is 2.